The van der Waals surface area contributed by atoms with Crippen LogP contribution in [-0.4, -0.2) is 96.7 Å². The van der Waals surface area contributed by atoms with Gasteiger partial charge in [0.1, 0.15) is 19.3 Å². The zero-order chi connectivity index (χ0) is 66.5. The molecule has 17 nitrogen and oxygen atoms in total. The van der Waals surface area contributed by atoms with Crippen molar-refractivity contribution in [2.24, 2.45) is 11.8 Å². The van der Waals surface area contributed by atoms with Crippen molar-refractivity contribution in [3.05, 3.63) is 0 Å². The molecule has 0 amide bonds. The van der Waals surface area contributed by atoms with Crippen LogP contribution in [-0.2, 0) is 65.4 Å². The second kappa shape index (κ2) is 63.1. The van der Waals surface area contributed by atoms with Gasteiger partial charge >= 0.3 is 39.5 Å². The number of phosphoric acid groups is 2. The van der Waals surface area contributed by atoms with E-state index in [4.69, 9.17) is 37.0 Å². The lowest BCUT2D eigenvalue weighted by atomic mass is 10.0. The number of aliphatic hydroxyl groups excluding tert-OH is 1. The Balaban J connectivity index is 5.14. The maximum absolute atomic E-state index is 13.0. The molecule has 2 unspecified atom stereocenters. The largest absolute Gasteiger partial charge is 0.472 e. The smallest absolute Gasteiger partial charge is 0.462 e. The molecule has 0 saturated carbocycles. The van der Waals surface area contributed by atoms with Crippen LogP contribution in [0.25, 0.3) is 0 Å². The van der Waals surface area contributed by atoms with Crippen LogP contribution in [0.5, 0.6) is 0 Å². The molecule has 0 radical (unpaired) electrons. The van der Waals surface area contributed by atoms with Gasteiger partial charge in [-0.15, -0.1) is 0 Å². The second-order valence-electron chi connectivity index (χ2n) is 26.6. The number of unbranched alkanes of at least 4 members (excludes halogenated alkanes) is 40. The van der Waals surface area contributed by atoms with Gasteiger partial charge in [-0.25, -0.2) is 9.13 Å². The molecule has 0 aromatic carbocycles. The first-order valence-electron chi connectivity index (χ1n) is 37.0. The second-order valence-corrected chi connectivity index (χ2v) is 29.5. The normalized spacial score (nSPS) is 14.1. The Labute approximate surface area is 549 Å². The molecule has 0 rings (SSSR count). The van der Waals surface area contributed by atoms with E-state index in [-0.39, 0.29) is 25.7 Å². The minimum absolute atomic E-state index is 0.106. The van der Waals surface area contributed by atoms with Gasteiger partial charge in [0.15, 0.2) is 12.2 Å². The monoisotopic (exact) mass is 1320 g/mol. The first-order chi connectivity index (χ1) is 43.4. The van der Waals surface area contributed by atoms with Crippen molar-refractivity contribution < 1.29 is 80.2 Å². The van der Waals surface area contributed by atoms with Gasteiger partial charge in [0.2, 0.25) is 0 Å². The fraction of sp³-hybridized carbons (Fsp3) is 0.944. The summed E-state index contributed by atoms with van der Waals surface area (Å²) in [7, 11) is -9.89. The molecule has 0 aliphatic rings. The highest BCUT2D eigenvalue weighted by atomic mass is 31.2. The lowest BCUT2D eigenvalue weighted by Gasteiger charge is -2.21. The van der Waals surface area contributed by atoms with E-state index in [1.807, 2.05) is 0 Å². The summed E-state index contributed by atoms with van der Waals surface area (Å²) in [6, 6.07) is 0. The average Bonchev–Trinajstić information content (AvgIpc) is 3.02. The number of ether oxygens (including phenoxy) is 4. The molecule has 0 bridgehead atoms. The summed E-state index contributed by atoms with van der Waals surface area (Å²) in [5.74, 6) is -0.564. The summed E-state index contributed by atoms with van der Waals surface area (Å²) in [6.45, 7) is 9.53. The maximum Gasteiger partial charge on any atom is 0.472 e. The van der Waals surface area contributed by atoms with E-state index in [0.717, 1.165) is 108 Å². The van der Waals surface area contributed by atoms with Crippen molar-refractivity contribution in [1.29, 1.82) is 0 Å². The summed E-state index contributed by atoms with van der Waals surface area (Å²) in [5, 5.41) is 10.6. The number of esters is 4. The number of rotatable bonds is 70. The predicted molar refractivity (Wildman–Crippen MR) is 363 cm³/mol. The van der Waals surface area contributed by atoms with Crippen LogP contribution in [0.2, 0.25) is 0 Å². The first kappa shape index (κ1) is 88.1. The van der Waals surface area contributed by atoms with Crippen LogP contribution < -0.4 is 0 Å². The third kappa shape index (κ3) is 64.8. The third-order valence-corrected chi connectivity index (χ3v) is 18.4. The van der Waals surface area contributed by atoms with E-state index < -0.39 is 97.5 Å². The van der Waals surface area contributed by atoms with Crippen LogP contribution in [0.4, 0.5) is 0 Å². The Morgan fingerprint density at radius 2 is 0.511 bits per heavy atom. The van der Waals surface area contributed by atoms with Gasteiger partial charge in [-0.3, -0.25) is 37.3 Å². The Hall–Kier alpha value is -1.94. The molecule has 19 heteroatoms. The molecule has 5 atom stereocenters. The van der Waals surface area contributed by atoms with Gasteiger partial charge in [-0.2, -0.15) is 0 Å². The molecule has 0 fully saturated rings. The van der Waals surface area contributed by atoms with Crippen molar-refractivity contribution in [1.82, 2.24) is 0 Å². The summed E-state index contributed by atoms with van der Waals surface area (Å²) >= 11 is 0. The van der Waals surface area contributed by atoms with E-state index >= 15 is 0 Å². The Morgan fingerprint density at radius 1 is 0.300 bits per heavy atom. The van der Waals surface area contributed by atoms with E-state index in [2.05, 4.69) is 41.5 Å². The minimum Gasteiger partial charge on any atom is -0.462 e. The lowest BCUT2D eigenvalue weighted by Crippen LogP contribution is -2.30. The Bertz CT molecular complexity index is 1750. The number of phosphoric ester groups is 2. The molecular formula is C71H138O17P2. The maximum atomic E-state index is 13.0. The summed E-state index contributed by atoms with van der Waals surface area (Å²) in [5.41, 5.74) is 0. The molecular weight excluding hydrogens is 1190 g/mol. The van der Waals surface area contributed by atoms with E-state index in [1.165, 1.54) is 173 Å². The van der Waals surface area contributed by atoms with Crippen LogP contribution >= 0.6 is 15.6 Å². The average molecular weight is 1330 g/mol. The molecule has 0 aliphatic heterocycles. The van der Waals surface area contributed by atoms with Gasteiger partial charge < -0.3 is 33.8 Å². The van der Waals surface area contributed by atoms with Crippen LogP contribution in [0.3, 0.4) is 0 Å². The highest BCUT2D eigenvalue weighted by Gasteiger charge is 2.30. The molecule has 0 aromatic heterocycles. The number of hydrogen-bond donors (Lipinski definition) is 3. The first-order valence-corrected chi connectivity index (χ1v) is 40.0. The van der Waals surface area contributed by atoms with Crippen molar-refractivity contribution in [2.45, 2.75) is 381 Å². The zero-order valence-electron chi connectivity index (χ0n) is 58.4. The lowest BCUT2D eigenvalue weighted by molar-refractivity contribution is -0.161. The molecule has 534 valence electrons. The fourth-order valence-corrected chi connectivity index (χ4v) is 12.3. The van der Waals surface area contributed by atoms with Gasteiger partial charge in [-0.1, -0.05) is 311 Å². The van der Waals surface area contributed by atoms with Gasteiger partial charge in [0.05, 0.1) is 26.4 Å². The van der Waals surface area contributed by atoms with E-state index in [0.29, 0.717) is 25.7 Å². The van der Waals surface area contributed by atoms with Crippen molar-refractivity contribution in [3.63, 3.8) is 0 Å². The molecule has 3 N–H and O–H groups in total. The molecule has 0 aromatic rings. The summed E-state index contributed by atoms with van der Waals surface area (Å²) in [4.78, 5) is 72.4. The van der Waals surface area contributed by atoms with Gasteiger partial charge in [0, 0.05) is 25.7 Å². The van der Waals surface area contributed by atoms with E-state index in [9.17, 15) is 43.2 Å². The van der Waals surface area contributed by atoms with Crippen LogP contribution in [0, 0.1) is 11.8 Å². The number of carbonyl (C=O) groups excluding carboxylic acids is 4. The highest BCUT2D eigenvalue weighted by Crippen LogP contribution is 2.45. The zero-order valence-corrected chi connectivity index (χ0v) is 60.2. The van der Waals surface area contributed by atoms with E-state index in [1.54, 1.807) is 0 Å². The minimum atomic E-state index is -4.95. The molecule has 0 aliphatic carbocycles. The van der Waals surface area contributed by atoms with Crippen LogP contribution in [0.1, 0.15) is 363 Å². The molecule has 0 spiro atoms. The third-order valence-electron chi connectivity index (χ3n) is 16.5. The van der Waals surface area contributed by atoms with Gasteiger partial charge in [-0.05, 0) is 37.5 Å². The van der Waals surface area contributed by atoms with Crippen LogP contribution in [0.15, 0.2) is 0 Å². The molecule has 90 heavy (non-hydrogen) atoms. The summed E-state index contributed by atoms with van der Waals surface area (Å²) < 4.78 is 68.2. The standard InChI is InChI=1S/C71H138O17P2/c1-7-9-11-13-15-28-37-43-49-55-70(75)87-66(59-81-68(73)53-47-41-35-16-14-12-10-8-2)61-85-89(77,78)83-57-65(72)58-84-90(79,80)86-62-67(60-82-69(74)54-48-42-36-32-27-30-34-40-46-52-64(5)6)88-71(76)56-50-44-38-31-26-24-22-20-18-17-19-21-23-25-29-33-39-45-51-63(3)4/h63-67,72H,7-62H2,1-6H3,(H,77,78)(H,79,80)/t65-,66+,67+/m0/s1. The summed E-state index contributed by atoms with van der Waals surface area (Å²) in [6.07, 6.45) is 48.8. The van der Waals surface area contributed by atoms with Crippen molar-refractivity contribution in [2.75, 3.05) is 39.6 Å². The quantitative estimate of drug-likeness (QED) is 0.0222. The predicted octanol–water partition coefficient (Wildman–Crippen LogP) is 20.4. The Morgan fingerprint density at radius 3 is 0.756 bits per heavy atom. The van der Waals surface area contributed by atoms with Crippen molar-refractivity contribution in [3.8, 4) is 0 Å². The SMILES string of the molecule is CCCCCCCCCCCC(=O)O[C@H](COC(=O)CCCCCCCCCC)COP(=O)(O)OC[C@H](O)COP(=O)(O)OC[C@@H](COC(=O)CCCCCCCCCCCC(C)C)OC(=O)CCCCCCCCCCCCCCCCCCCCC(C)C. The number of aliphatic hydroxyl groups is 1. The molecule has 0 heterocycles. The molecule has 0 saturated heterocycles. The fourth-order valence-electron chi connectivity index (χ4n) is 10.8. The number of carbonyl (C=O) groups is 4. The Kier molecular flexibility index (Phi) is 61.8. The van der Waals surface area contributed by atoms with Crippen molar-refractivity contribution >= 4 is 39.5 Å². The number of hydrogen-bond acceptors (Lipinski definition) is 15. The topological polar surface area (TPSA) is 237 Å². The highest BCUT2D eigenvalue weighted by molar-refractivity contribution is 7.47. The van der Waals surface area contributed by atoms with Gasteiger partial charge in [0.25, 0.3) is 0 Å².